The molecule has 2 N–H and O–H groups in total. The van der Waals surface area contributed by atoms with E-state index < -0.39 is 12.0 Å². The Kier molecular flexibility index (Phi) is 3.81. The molecule has 0 aliphatic rings. The SMILES string of the molecule is CC(C)C[C@@H](Nc1ccnc2ccsc12)C(=O)O. The predicted octanol–water partition coefficient (Wildman–Crippen LogP) is 3.21. The van der Waals surface area contributed by atoms with Crippen LogP contribution in [0.25, 0.3) is 10.2 Å². The minimum absolute atomic E-state index is 0.333. The number of aromatic nitrogens is 1. The third-order valence-electron chi connectivity index (χ3n) is 2.68. The number of carboxylic acids is 1. The van der Waals surface area contributed by atoms with Crippen molar-refractivity contribution in [1.82, 2.24) is 4.98 Å². The second-order valence-electron chi connectivity index (χ2n) is 4.66. The number of pyridine rings is 1. The molecule has 1 atom stereocenters. The Morgan fingerprint density at radius 2 is 2.28 bits per heavy atom. The standard InChI is InChI=1S/C13H16N2O2S/c1-8(2)7-11(13(16)17)15-10-3-5-14-9-4-6-18-12(9)10/h3-6,8,11H,7H2,1-2H3,(H,14,15)(H,16,17)/t11-/m1/s1. The lowest BCUT2D eigenvalue weighted by Crippen LogP contribution is -2.30. The molecule has 0 bridgehead atoms. The quantitative estimate of drug-likeness (QED) is 0.870. The van der Waals surface area contributed by atoms with Gasteiger partial charge in [0, 0.05) is 6.20 Å². The van der Waals surface area contributed by atoms with Gasteiger partial charge in [0.25, 0.3) is 0 Å². The summed E-state index contributed by atoms with van der Waals surface area (Å²) in [6.07, 6.45) is 2.30. The van der Waals surface area contributed by atoms with E-state index in [4.69, 9.17) is 0 Å². The Bertz CT molecular complexity index is 551. The smallest absolute Gasteiger partial charge is 0.326 e. The molecule has 96 valence electrons. The van der Waals surface area contributed by atoms with Crippen LogP contribution < -0.4 is 5.32 Å². The topological polar surface area (TPSA) is 62.2 Å². The number of nitrogens with zero attached hydrogens (tertiary/aromatic N) is 1. The molecule has 0 amide bonds. The minimum atomic E-state index is -0.815. The van der Waals surface area contributed by atoms with Gasteiger partial charge in [0.1, 0.15) is 6.04 Å². The van der Waals surface area contributed by atoms with Gasteiger partial charge in [0.15, 0.2) is 0 Å². The predicted molar refractivity (Wildman–Crippen MR) is 74.1 cm³/mol. The number of carbonyl (C=O) groups is 1. The number of thiophene rings is 1. The van der Waals surface area contributed by atoms with E-state index in [1.54, 1.807) is 17.5 Å². The van der Waals surface area contributed by atoms with Crippen LogP contribution >= 0.6 is 11.3 Å². The molecule has 0 unspecified atom stereocenters. The van der Waals surface area contributed by atoms with Crippen LogP contribution in [0, 0.1) is 5.92 Å². The highest BCUT2D eigenvalue weighted by molar-refractivity contribution is 7.17. The highest BCUT2D eigenvalue weighted by atomic mass is 32.1. The summed E-state index contributed by atoms with van der Waals surface area (Å²) < 4.78 is 1.01. The molecule has 4 nitrogen and oxygen atoms in total. The third kappa shape index (κ3) is 2.79. The van der Waals surface area contributed by atoms with Crippen LogP contribution in [-0.2, 0) is 4.79 Å². The number of fused-ring (bicyclic) bond motifs is 1. The molecule has 0 saturated heterocycles. The molecule has 2 heterocycles. The lowest BCUT2D eigenvalue weighted by molar-refractivity contribution is -0.138. The average Bonchev–Trinajstić information content (AvgIpc) is 2.76. The maximum Gasteiger partial charge on any atom is 0.326 e. The van der Waals surface area contributed by atoms with Crippen LogP contribution in [0.5, 0.6) is 0 Å². The fraction of sp³-hybridized carbons (Fsp3) is 0.385. The van der Waals surface area contributed by atoms with Crippen LogP contribution in [0.3, 0.4) is 0 Å². The van der Waals surface area contributed by atoms with Gasteiger partial charge in [-0.3, -0.25) is 4.98 Å². The van der Waals surface area contributed by atoms with Gasteiger partial charge < -0.3 is 10.4 Å². The van der Waals surface area contributed by atoms with E-state index >= 15 is 0 Å². The molecule has 0 aliphatic heterocycles. The molecule has 0 radical (unpaired) electrons. The van der Waals surface area contributed by atoms with Crippen LogP contribution in [0.2, 0.25) is 0 Å². The largest absolute Gasteiger partial charge is 0.480 e. The number of hydrogen-bond acceptors (Lipinski definition) is 4. The molecular weight excluding hydrogens is 248 g/mol. The normalized spacial score (nSPS) is 12.8. The van der Waals surface area contributed by atoms with Crippen LogP contribution in [-0.4, -0.2) is 22.1 Å². The maximum absolute atomic E-state index is 11.2. The number of hydrogen-bond donors (Lipinski definition) is 2. The first-order chi connectivity index (χ1) is 8.58. The van der Waals surface area contributed by atoms with Crippen molar-refractivity contribution >= 4 is 33.2 Å². The molecule has 2 aromatic rings. The highest BCUT2D eigenvalue weighted by Gasteiger charge is 2.19. The molecular formula is C13H16N2O2S. The summed E-state index contributed by atoms with van der Waals surface area (Å²) in [5, 5.41) is 14.3. The van der Waals surface area contributed by atoms with E-state index in [1.807, 2.05) is 31.4 Å². The van der Waals surface area contributed by atoms with E-state index in [0.717, 1.165) is 15.9 Å². The van der Waals surface area contributed by atoms with Crippen molar-refractivity contribution in [3.05, 3.63) is 23.7 Å². The van der Waals surface area contributed by atoms with E-state index in [-0.39, 0.29) is 0 Å². The van der Waals surface area contributed by atoms with E-state index in [9.17, 15) is 9.90 Å². The molecule has 5 heteroatoms. The van der Waals surface area contributed by atoms with Crippen molar-refractivity contribution in [2.24, 2.45) is 5.92 Å². The number of rotatable bonds is 5. The van der Waals surface area contributed by atoms with Crippen molar-refractivity contribution in [2.45, 2.75) is 26.3 Å². The zero-order valence-electron chi connectivity index (χ0n) is 10.4. The third-order valence-corrected chi connectivity index (χ3v) is 3.62. The number of aliphatic carboxylic acids is 1. The first-order valence-electron chi connectivity index (χ1n) is 5.89. The Morgan fingerprint density at radius 3 is 2.94 bits per heavy atom. The first-order valence-corrected chi connectivity index (χ1v) is 6.77. The summed E-state index contributed by atoms with van der Waals surface area (Å²) in [6.45, 7) is 4.04. The molecule has 2 aromatic heterocycles. The van der Waals surface area contributed by atoms with Gasteiger partial charge in [-0.1, -0.05) is 13.8 Å². The Hall–Kier alpha value is -1.62. The molecule has 0 spiro atoms. The van der Waals surface area contributed by atoms with Gasteiger partial charge in [-0.05, 0) is 29.9 Å². The molecule has 0 saturated carbocycles. The number of anilines is 1. The van der Waals surface area contributed by atoms with Crippen molar-refractivity contribution in [1.29, 1.82) is 0 Å². The molecule has 0 fully saturated rings. The van der Waals surface area contributed by atoms with Gasteiger partial charge in [0.05, 0.1) is 15.9 Å². The van der Waals surface area contributed by atoms with Crippen molar-refractivity contribution < 1.29 is 9.90 Å². The van der Waals surface area contributed by atoms with E-state index in [2.05, 4.69) is 10.3 Å². The minimum Gasteiger partial charge on any atom is -0.480 e. The summed E-state index contributed by atoms with van der Waals surface area (Å²) in [6, 6.07) is 3.20. The van der Waals surface area contributed by atoms with Crippen LogP contribution in [0.4, 0.5) is 5.69 Å². The average molecular weight is 264 g/mol. The Labute approximate surface area is 110 Å². The summed E-state index contributed by atoms with van der Waals surface area (Å²) in [4.78, 5) is 15.5. The monoisotopic (exact) mass is 264 g/mol. The fourth-order valence-corrected chi connectivity index (χ4v) is 2.70. The fourth-order valence-electron chi connectivity index (χ4n) is 1.87. The van der Waals surface area contributed by atoms with Gasteiger partial charge >= 0.3 is 5.97 Å². The maximum atomic E-state index is 11.2. The molecule has 0 aliphatic carbocycles. The van der Waals surface area contributed by atoms with Crippen molar-refractivity contribution in [2.75, 3.05) is 5.32 Å². The molecule has 0 aromatic carbocycles. The van der Waals surface area contributed by atoms with Gasteiger partial charge in [-0.25, -0.2) is 4.79 Å². The molecule has 2 rings (SSSR count). The van der Waals surface area contributed by atoms with Gasteiger partial charge in [-0.2, -0.15) is 0 Å². The van der Waals surface area contributed by atoms with E-state index in [1.165, 1.54) is 0 Å². The van der Waals surface area contributed by atoms with Crippen LogP contribution in [0.1, 0.15) is 20.3 Å². The number of carboxylic acid groups (broad SMARTS) is 1. The second kappa shape index (κ2) is 5.35. The summed E-state index contributed by atoms with van der Waals surface area (Å²) >= 11 is 1.57. The summed E-state index contributed by atoms with van der Waals surface area (Å²) in [7, 11) is 0. The van der Waals surface area contributed by atoms with Crippen LogP contribution in [0.15, 0.2) is 23.7 Å². The van der Waals surface area contributed by atoms with Crippen molar-refractivity contribution in [3.8, 4) is 0 Å². The summed E-state index contributed by atoms with van der Waals surface area (Å²) in [5.41, 5.74) is 1.75. The lowest BCUT2D eigenvalue weighted by atomic mass is 10.0. The lowest BCUT2D eigenvalue weighted by Gasteiger charge is -2.17. The zero-order chi connectivity index (χ0) is 13.1. The zero-order valence-corrected chi connectivity index (χ0v) is 11.2. The Balaban J connectivity index is 2.25. The Morgan fingerprint density at radius 1 is 1.50 bits per heavy atom. The van der Waals surface area contributed by atoms with Crippen molar-refractivity contribution in [3.63, 3.8) is 0 Å². The van der Waals surface area contributed by atoms with Gasteiger partial charge in [-0.15, -0.1) is 11.3 Å². The van der Waals surface area contributed by atoms with Gasteiger partial charge in [0.2, 0.25) is 0 Å². The first kappa shape index (κ1) is 12.8. The summed E-state index contributed by atoms with van der Waals surface area (Å²) in [5.74, 6) is -0.482. The second-order valence-corrected chi connectivity index (χ2v) is 5.57. The van der Waals surface area contributed by atoms with E-state index in [0.29, 0.717) is 12.3 Å². The highest BCUT2D eigenvalue weighted by Crippen LogP contribution is 2.27. The number of nitrogens with one attached hydrogen (secondary N) is 1. The molecule has 18 heavy (non-hydrogen) atoms.